The highest BCUT2D eigenvalue weighted by Crippen LogP contribution is 2.57. The molecule has 2 aromatic heterocycles. The van der Waals surface area contributed by atoms with Gasteiger partial charge in [0.15, 0.2) is 0 Å². The molecule has 0 radical (unpaired) electrons. The van der Waals surface area contributed by atoms with Crippen molar-refractivity contribution in [2.45, 2.75) is 37.8 Å². The molecule has 176 valence electrons. The molecule has 1 aliphatic heterocycles. The van der Waals surface area contributed by atoms with Crippen LogP contribution in [0.4, 0.5) is 0 Å². The van der Waals surface area contributed by atoms with E-state index in [1.165, 1.54) is 13.0 Å². The van der Waals surface area contributed by atoms with Crippen LogP contribution in [0.2, 0.25) is 5.15 Å². The average Bonchev–Trinajstić information content (AvgIpc) is 2.79. The van der Waals surface area contributed by atoms with Crippen LogP contribution in [0.15, 0.2) is 43.1 Å². The first-order valence-corrected chi connectivity index (χ1v) is 11.8. The quantitative estimate of drug-likeness (QED) is 0.525. The van der Waals surface area contributed by atoms with E-state index in [1.54, 1.807) is 34.2 Å². The number of carbonyl (C=O) groups excluding carboxylic acids is 3. The van der Waals surface area contributed by atoms with Crippen LogP contribution in [-0.2, 0) is 9.59 Å². The van der Waals surface area contributed by atoms with Crippen LogP contribution in [0, 0.1) is 5.92 Å². The summed E-state index contributed by atoms with van der Waals surface area (Å²) in [4.78, 5) is 49.5. The van der Waals surface area contributed by atoms with Crippen molar-refractivity contribution in [3.05, 3.63) is 59.5 Å². The molecule has 4 fully saturated rings. The highest BCUT2D eigenvalue weighted by Gasteiger charge is 2.57. The normalized spacial score (nSPS) is 25.1. The van der Waals surface area contributed by atoms with Crippen LogP contribution in [-0.4, -0.2) is 62.7 Å². The van der Waals surface area contributed by atoms with Gasteiger partial charge < -0.3 is 15.1 Å². The van der Waals surface area contributed by atoms with Crippen molar-refractivity contribution in [3.63, 3.8) is 0 Å². The number of amides is 3. The number of carbonyl (C=O) groups is 3. The monoisotopic (exact) mass is 479 g/mol. The van der Waals surface area contributed by atoms with E-state index < -0.39 is 0 Å². The van der Waals surface area contributed by atoms with Crippen LogP contribution in [0.3, 0.4) is 0 Å². The van der Waals surface area contributed by atoms with E-state index in [2.05, 4.69) is 21.9 Å². The summed E-state index contributed by atoms with van der Waals surface area (Å²) >= 11 is 6.39. The minimum atomic E-state index is -0.372. The smallest absolute Gasteiger partial charge is 0.270 e. The Labute approximate surface area is 203 Å². The fraction of sp³-hybridized carbons (Fsp3) is 0.400. The molecule has 1 N–H and O–H groups in total. The lowest BCUT2D eigenvalue weighted by Gasteiger charge is -2.61. The molecule has 2 aromatic rings. The Morgan fingerprint density at radius 1 is 1.21 bits per heavy atom. The molecule has 3 aliphatic carbocycles. The molecule has 0 spiro atoms. The molecular weight excluding hydrogens is 454 g/mol. The Bertz CT molecular complexity index is 1180. The van der Waals surface area contributed by atoms with Gasteiger partial charge in [-0.2, -0.15) is 0 Å². The molecule has 0 unspecified atom stereocenters. The predicted octanol–water partition coefficient (Wildman–Crippen LogP) is 3.00. The Morgan fingerprint density at radius 3 is 2.62 bits per heavy atom. The van der Waals surface area contributed by atoms with E-state index in [-0.39, 0.29) is 34.5 Å². The molecule has 1 saturated heterocycles. The second kappa shape index (κ2) is 8.51. The lowest BCUT2D eigenvalue weighted by Crippen LogP contribution is -2.68. The Hall–Kier alpha value is -3.26. The van der Waals surface area contributed by atoms with Gasteiger partial charge in [0.2, 0.25) is 11.8 Å². The Kier molecular flexibility index (Phi) is 5.64. The van der Waals surface area contributed by atoms with Gasteiger partial charge in [-0.05, 0) is 61.1 Å². The lowest BCUT2D eigenvalue weighted by atomic mass is 9.50. The first-order valence-electron chi connectivity index (χ1n) is 11.4. The van der Waals surface area contributed by atoms with Crippen LogP contribution in [0.25, 0.3) is 11.3 Å². The topological polar surface area (TPSA) is 95.5 Å². The molecule has 6 rings (SSSR count). The maximum atomic E-state index is 12.8. The minimum absolute atomic E-state index is 0.0349. The molecule has 3 saturated carbocycles. The number of nitrogens with zero attached hydrogens (tertiary/aromatic N) is 4. The van der Waals surface area contributed by atoms with Gasteiger partial charge in [0.05, 0.1) is 11.7 Å². The number of pyridine rings is 2. The van der Waals surface area contributed by atoms with E-state index in [0.29, 0.717) is 36.6 Å². The molecular formula is C25H26ClN5O3. The number of aromatic nitrogens is 2. The number of rotatable bonds is 5. The summed E-state index contributed by atoms with van der Waals surface area (Å²) in [7, 11) is 0. The number of nitrogens with one attached hydrogen (secondary N) is 1. The third-order valence-electron chi connectivity index (χ3n) is 7.18. The van der Waals surface area contributed by atoms with Crippen molar-refractivity contribution >= 4 is 29.3 Å². The third kappa shape index (κ3) is 4.07. The minimum Gasteiger partial charge on any atom is -0.345 e. The van der Waals surface area contributed by atoms with E-state index >= 15 is 0 Å². The number of halogens is 1. The van der Waals surface area contributed by atoms with Gasteiger partial charge in [-0.3, -0.25) is 19.4 Å². The SMILES string of the molecule is C=CC(=O)N1CCN(C(C)=O)[C@H](c2cc(Cl)nc(-c3ccnc(C(=O)NC45CC(C4)C5)c3)c2)C1. The lowest BCUT2D eigenvalue weighted by molar-refractivity contribution is -0.139. The summed E-state index contributed by atoms with van der Waals surface area (Å²) in [5.41, 5.74) is 2.33. The Morgan fingerprint density at radius 2 is 1.97 bits per heavy atom. The first kappa shape index (κ1) is 22.5. The van der Waals surface area contributed by atoms with Gasteiger partial charge in [-0.25, -0.2) is 4.98 Å². The van der Waals surface area contributed by atoms with E-state index in [4.69, 9.17) is 11.6 Å². The molecule has 8 nitrogen and oxygen atoms in total. The molecule has 34 heavy (non-hydrogen) atoms. The zero-order chi connectivity index (χ0) is 24.0. The van der Waals surface area contributed by atoms with Crippen molar-refractivity contribution in [2.75, 3.05) is 19.6 Å². The maximum absolute atomic E-state index is 12.8. The first-order chi connectivity index (χ1) is 16.3. The summed E-state index contributed by atoms with van der Waals surface area (Å²) in [6, 6.07) is 6.68. The summed E-state index contributed by atoms with van der Waals surface area (Å²) in [6.45, 7) is 6.27. The van der Waals surface area contributed by atoms with Gasteiger partial charge in [-0.1, -0.05) is 18.2 Å². The summed E-state index contributed by atoms with van der Waals surface area (Å²) < 4.78 is 0. The molecule has 1 atom stereocenters. The van der Waals surface area contributed by atoms with Gasteiger partial charge >= 0.3 is 0 Å². The van der Waals surface area contributed by atoms with Gasteiger partial charge in [-0.15, -0.1) is 0 Å². The van der Waals surface area contributed by atoms with Crippen molar-refractivity contribution in [3.8, 4) is 11.3 Å². The number of hydrogen-bond donors (Lipinski definition) is 1. The maximum Gasteiger partial charge on any atom is 0.270 e. The van der Waals surface area contributed by atoms with E-state index in [9.17, 15) is 14.4 Å². The highest BCUT2D eigenvalue weighted by atomic mass is 35.5. The molecule has 3 heterocycles. The molecule has 4 aliphatic rings. The largest absolute Gasteiger partial charge is 0.345 e. The van der Waals surface area contributed by atoms with Crippen molar-refractivity contribution in [1.82, 2.24) is 25.1 Å². The van der Waals surface area contributed by atoms with Crippen LogP contribution >= 0.6 is 11.6 Å². The molecule has 3 amide bonds. The fourth-order valence-corrected chi connectivity index (χ4v) is 5.50. The summed E-state index contributed by atoms with van der Waals surface area (Å²) in [5.74, 6) is 0.320. The third-order valence-corrected chi connectivity index (χ3v) is 7.37. The second-order valence-corrected chi connectivity index (χ2v) is 9.85. The van der Waals surface area contributed by atoms with Gasteiger partial charge in [0.25, 0.3) is 5.91 Å². The Balaban J connectivity index is 1.44. The van der Waals surface area contributed by atoms with Crippen LogP contribution < -0.4 is 5.32 Å². The van der Waals surface area contributed by atoms with E-state index in [0.717, 1.165) is 30.7 Å². The number of piperazine rings is 1. The zero-order valence-corrected chi connectivity index (χ0v) is 19.7. The average molecular weight is 480 g/mol. The summed E-state index contributed by atoms with van der Waals surface area (Å²) in [5, 5.41) is 3.39. The van der Waals surface area contributed by atoms with Crippen molar-refractivity contribution in [2.24, 2.45) is 5.92 Å². The molecule has 0 aromatic carbocycles. The van der Waals surface area contributed by atoms with Gasteiger partial charge in [0.1, 0.15) is 10.8 Å². The van der Waals surface area contributed by atoms with Crippen LogP contribution in [0.1, 0.15) is 48.3 Å². The van der Waals surface area contributed by atoms with E-state index in [1.807, 2.05) is 6.07 Å². The van der Waals surface area contributed by atoms with Gasteiger partial charge in [0, 0.05) is 43.9 Å². The van der Waals surface area contributed by atoms with Crippen molar-refractivity contribution < 1.29 is 14.4 Å². The fourth-order valence-electron chi connectivity index (χ4n) is 5.28. The van der Waals surface area contributed by atoms with Crippen LogP contribution in [0.5, 0.6) is 0 Å². The highest BCUT2D eigenvalue weighted by molar-refractivity contribution is 6.29. The standard InChI is InChI=1S/C25H26ClN5O3/c1-3-23(33)30-6-7-31(15(2)32)21(14-30)18-9-19(28-22(26)10-18)17-4-5-27-20(8-17)24(34)29-25-11-16(12-25)13-25/h3-5,8-10,16,21H,1,6-7,11-14H2,2H3,(H,29,34)/t16?,21-,25?/m0/s1. The predicted molar refractivity (Wildman–Crippen MR) is 127 cm³/mol. The second-order valence-electron chi connectivity index (χ2n) is 9.47. The molecule has 9 heteroatoms. The van der Waals surface area contributed by atoms with Crippen molar-refractivity contribution in [1.29, 1.82) is 0 Å². The molecule has 2 bridgehead atoms. The zero-order valence-electron chi connectivity index (χ0n) is 19.0. The summed E-state index contributed by atoms with van der Waals surface area (Å²) in [6.07, 6.45) is 6.02. The number of hydrogen-bond acceptors (Lipinski definition) is 5.